The zero-order valence-corrected chi connectivity index (χ0v) is 9.34. The molecule has 0 amide bonds. The third kappa shape index (κ3) is 1.71. The van der Waals surface area contributed by atoms with Crippen LogP contribution in [-0.2, 0) is 19.3 Å². The van der Waals surface area contributed by atoms with E-state index in [1.165, 1.54) is 6.08 Å². The predicted molar refractivity (Wildman–Crippen MR) is 53.8 cm³/mol. The van der Waals surface area contributed by atoms with Crippen molar-refractivity contribution in [3.63, 3.8) is 0 Å². The van der Waals surface area contributed by atoms with E-state index in [4.69, 9.17) is 9.47 Å². The Bertz CT molecular complexity index is 301. The molecule has 1 fully saturated rings. The Labute approximate surface area is 84.8 Å². The largest absolute Gasteiger partial charge is 0.348 e. The summed E-state index contributed by atoms with van der Waals surface area (Å²) in [5, 5.41) is -0.727. The summed E-state index contributed by atoms with van der Waals surface area (Å²) in [6.45, 7) is 7.98. The fourth-order valence-corrected chi connectivity index (χ4v) is 3.58. The topological polar surface area (TPSA) is 52.6 Å². The number of hydrogen-bond acceptors (Lipinski definition) is 4. The molecule has 82 valence electrons. The predicted octanol–water partition coefficient (Wildman–Crippen LogP) is 0.739. The molecule has 0 spiro atoms. The second-order valence-electron chi connectivity index (χ2n) is 3.14. The second kappa shape index (κ2) is 4.00. The molecule has 0 radical (unpaired) electrons. The Morgan fingerprint density at radius 2 is 1.93 bits per heavy atom. The smallest absolute Gasteiger partial charge is 0.202 e. The number of rotatable bonds is 5. The molecule has 14 heavy (non-hydrogen) atoms. The van der Waals surface area contributed by atoms with Crippen molar-refractivity contribution in [1.82, 2.24) is 0 Å². The van der Waals surface area contributed by atoms with Gasteiger partial charge in [-0.1, -0.05) is 6.08 Å². The van der Waals surface area contributed by atoms with Gasteiger partial charge in [-0.25, -0.2) is 8.42 Å². The molecule has 0 aromatic carbocycles. The Kier molecular flexibility index (Phi) is 3.34. The van der Waals surface area contributed by atoms with Gasteiger partial charge in [-0.05, 0) is 13.8 Å². The average Bonchev–Trinajstić information content (AvgIpc) is 2.03. The van der Waals surface area contributed by atoms with Crippen molar-refractivity contribution >= 4 is 9.84 Å². The van der Waals surface area contributed by atoms with Crippen LogP contribution in [0.4, 0.5) is 0 Å². The van der Waals surface area contributed by atoms with Crippen LogP contribution in [0, 0.1) is 0 Å². The normalized spacial score (nSPS) is 28.0. The molecule has 0 unspecified atom stereocenters. The molecule has 1 atom stereocenters. The summed E-state index contributed by atoms with van der Waals surface area (Å²) < 4.78 is 33.5. The van der Waals surface area contributed by atoms with Gasteiger partial charge in [0, 0.05) is 13.2 Å². The van der Waals surface area contributed by atoms with Crippen molar-refractivity contribution in [2.75, 3.05) is 19.0 Å². The van der Waals surface area contributed by atoms with E-state index < -0.39 is 20.9 Å². The first-order chi connectivity index (χ1) is 6.52. The standard InChI is InChI=1S/C9H16O4S/c1-4-8-9(12-5-2,13-6-3)7-14(8,10)11/h4,8H,1,5-7H2,2-3H3/t8-/m1/s1. The summed E-state index contributed by atoms with van der Waals surface area (Å²) in [7, 11) is -3.09. The monoisotopic (exact) mass is 220 g/mol. The van der Waals surface area contributed by atoms with Crippen LogP contribution in [0.3, 0.4) is 0 Å². The van der Waals surface area contributed by atoms with Crippen LogP contribution in [0.2, 0.25) is 0 Å². The average molecular weight is 220 g/mol. The highest BCUT2D eigenvalue weighted by Crippen LogP contribution is 2.37. The first-order valence-corrected chi connectivity index (χ1v) is 6.36. The first-order valence-electron chi connectivity index (χ1n) is 4.64. The molecule has 0 aromatic heterocycles. The van der Waals surface area contributed by atoms with Crippen molar-refractivity contribution in [3.05, 3.63) is 12.7 Å². The summed E-state index contributed by atoms with van der Waals surface area (Å²) in [5.41, 5.74) is 0. The van der Waals surface area contributed by atoms with Crippen molar-refractivity contribution in [2.24, 2.45) is 0 Å². The minimum atomic E-state index is -3.09. The van der Waals surface area contributed by atoms with Gasteiger partial charge in [0.15, 0.2) is 9.84 Å². The zero-order valence-electron chi connectivity index (χ0n) is 8.52. The maximum Gasteiger partial charge on any atom is 0.202 e. The second-order valence-corrected chi connectivity index (χ2v) is 5.26. The number of hydrogen-bond donors (Lipinski definition) is 0. The minimum Gasteiger partial charge on any atom is -0.348 e. The van der Waals surface area contributed by atoms with Crippen LogP contribution >= 0.6 is 0 Å². The lowest BCUT2D eigenvalue weighted by molar-refractivity contribution is -0.223. The quantitative estimate of drug-likeness (QED) is 0.506. The van der Waals surface area contributed by atoms with Crippen molar-refractivity contribution in [3.8, 4) is 0 Å². The van der Waals surface area contributed by atoms with E-state index in [1.54, 1.807) is 0 Å². The summed E-state index contributed by atoms with van der Waals surface area (Å²) in [4.78, 5) is 0. The summed E-state index contributed by atoms with van der Waals surface area (Å²) in [5.74, 6) is -1.05. The maximum atomic E-state index is 11.4. The molecule has 4 nitrogen and oxygen atoms in total. The van der Waals surface area contributed by atoms with E-state index in [9.17, 15) is 8.42 Å². The highest BCUT2D eigenvalue weighted by molar-refractivity contribution is 7.93. The molecule has 1 saturated heterocycles. The fraction of sp³-hybridized carbons (Fsp3) is 0.778. The number of ether oxygens (including phenoxy) is 2. The zero-order chi connectivity index (χ0) is 10.8. The third-order valence-corrected chi connectivity index (χ3v) is 4.34. The molecule has 1 heterocycles. The van der Waals surface area contributed by atoms with Crippen LogP contribution in [0.1, 0.15) is 13.8 Å². The maximum absolute atomic E-state index is 11.4. The lowest BCUT2D eigenvalue weighted by atomic mass is 10.2. The molecular weight excluding hydrogens is 204 g/mol. The van der Waals surface area contributed by atoms with Crippen molar-refractivity contribution in [2.45, 2.75) is 24.9 Å². The molecule has 1 aliphatic heterocycles. The van der Waals surface area contributed by atoms with Gasteiger partial charge in [0.05, 0.1) is 0 Å². The molecule has 0 N–H and O–H groups in total. The first kappa shape index (κ1) is 11.7. The van der Waals surface area contributed by atoms with E-state index in [0.29, 0.717) is 13.2 Å². The van der Waals surface area contributed by atoms with Crippen LogP contribution in [0.25, 0.3) is 0 Å². The lowest BCUT2D eigenvalue weighted by Crippen LogP contribution is -2.65. The summed E-state index contributed by atoms with van der Waals surface area (Å²) >= 11 is 0. The van der Waals surface area contributed by atoms with Gasteiger partial charge in [-0.2, -0.15) is 0 Å². The van der Waals surface area contributed by atoms with E-state index in [0.717, 1.165) is 0 Å². The van der Waals surface area contributed by atoms with Crippen LogP contribution in [-0.4, -0.2) is 38.4 Å². The van der Waals surface area contributed by atoms with E-state index in [2.05, 4.69) is 6.58 Å². The van der Waals surface area contributed by atoms with Gasteiger partial charge in [-0.15, -0.1) is 6.58 Å². The van der Waals surface area contributed by atoms with E-state index >= 15 is 0 Å². The van der Waals surface area contributed by atoms with Gasteiger partial charge in [-0.3, -0.25) is 0 Å². The molecule has 1 rings (SSSR count). The summed E-state index contributed by atoms with van der Waals surface area (Å²) in [6.07, 6.45) is 1.38. The lowest BCUT2D eigenvalue weighted by Gasteiger charge is -2.45. The van der Waals surface area contributed by atoms with Crippen molar-refractivity contribution in [1.29, 1.82) is 0 Å². The van der Waals surface area contributed by atoms with E-state index in [1.807, 2.05) is 13.8 Å². The third-order valence-electron chi connectivity index (χ3n) is 2.21. The molecular formula is C9H16O4S. The van der Waals surface area contributed by atoms with Crippen molar-refractivity contribution < 1.29 is 17.9 Å². The van der Waals surface area contributed by atoms with E-state index in [-0.39, 0.29) is 5.75 Å². The Balaban J connectivity index is 2.86. The minimum absolute atomic E-state index is 0.0711. The molecule has 0 aliphatic carbocycles. The Hall–Kier alpha value is -0.390. The molecule has 0 saturated carbocycles. The van der Waals surface area contributed by atoms with Crippen LogP contribution < -0.4 is 0 Å². The molecule has 0 aromatic rings. The van der Waals surface area contributed by atoms with Gasteiger partial charge in [0.25, 0.3) is 0 Å². The van der Waals surface area contributed by atoms with Gasteiger partial charge >= 0.3 is 0 Å². The van der Waals surface area contributed by atoms with Gasteiger partial charge in [0.1, 0.15) is 11.0 Å². The fourth-order valence-electron chi connectivity index (χ4n) is 1.73. The Morgan fingerprint density at radius 1 is 1.43 bits per heavy atom. The van der Waals surface area contributed by atoms with Gasteiger partial charge < -0.3 is 9.47 Å². The molecule has 5 heteroatoms. The molecule has 1 aliphatic rings. The molecule has 0 bridgehead atoms. The highest BCUT2D eigenvalue weighted by atomic mass is 32.2. The van der Waals surface area contributed by atoms with Crippen LogP contribution in [0.15, 0.2) is 12.7 Å². The highest BCUT2D eigenvalue weighted by Gasteiger charge is 2.59. The Morgan fingerprint density at radius 3 is 2.21 bits per heavy atom. The van der Waals surface area contributed by atoms with Gasteiger partial charge in [0.2, 0.25) is 5.79 Å². The summed E-state index contributed by atoms with van der Waals surface area (Å²) in [6, 6.07) is 0. The number of sulfone groups is 1. The SMILES string of the molecule is C=C[C@@H]1C(OCC)(OCC)CS1(=O)=O. The van der Waals surface area contributed by atoms with Crippen LogP contribution in [0.5, 0.6) is 0 Å².